The minimum absolute atomic E-state index is 0.663. The highest BCUT2D eigenvalue weighted by Crippen LogP contribution is 2.36. The highest BCUT2D eigenvalue weighted by Gasteiger charge is 2.39. The minimum atomic E-state index is 0.663. The van der Waals surface area contributed by atoms with Crippen LogP contribution < -0.4 is 4.57 Å². The van der Waals surface area contributed by atoms with E-state index in [1.165, 1.54) is 0 Å². The van der Waals surface area contributed by atoms with Crippen molar-refractivity contribution in [1.82, 2.24) is 14.5 Å². The molecule has 0 unspecified atom stereocenters. The number of imidazole rings is 1. The molecular formula is C20H13N4O+. The number of aromatic nitrogens is 4. The standard InChI is InChI=1S/C20H13N4O/c1-2-6-13(7-3-1)24-17-15-9-5-11-22-18(15)25-20(17)23-12-16-14(19(23)24)8-4-10-21-16/h1-11H,12H2/q+1. The van der Waals surface area contributed by atoms with Gasteiger partial charge in [-0.1, -0.05) is 18.2 Å². The summed E-state index contributed by atoms with van der Waals surface area (Å²) in [5, 5.41) is 1.02. The Bertz CT molecular complexity index is 1270. The van der Waals surface area contributed by atoms with Crippen molar-refractivity contribution in [1.29, 1.82) is 0 Å². The summed E-state index contributed by atoms with van der Waals surface area (Å²) in [6.07, 6.45) is 3.61. The maximum Gasteiger partial charge on any atom is 0.341 e. The van der Waals surface area contributed by atoms with Crippen molar-refractivity contribution in [3.05, 3.63) is 72.7 Å². The van der Waals surface area contributed by atoms with E-state index in [0.717, 1.165) is 39.4 Å². The zero-order valence-corrected chi connectivity index (χ0v) is 13.3. The molecule has 1 aliphatic rings. The molecule has 0 aliphatic carbocycles. The van der Waals surface area contributed by atoms with Gasteiger partial charge in [-0.2, -0.15) is 9.13 Å². The van der Waals surface area contributed by atoms with Crippen LogP contribution in [0.2, 0.25) is 0 Å². The van der Waals surface area contributed by atoms with E-state index < -0.39 is 0 Å². The summed E-state index contributed by atoms with van der Waals surface area (Å²) in [5.74, 6) is 1.11. The van der Waals surface area contributed by atoms with Gasteiger partial charge >= 0.3 is 5.71 Å². The van der Waals surface area contributed by atoms with Crippen molar-refractivity contribution in [3.8, 4) is 17.1 Å². The van der Waals surface area contributed by atoms with Gasteiger partial charge in [0, 0.05) is 12.4 Å². The number of benzene rings is 1. The van der Waals surface area contributed by atoms with E-state index in [4.69, 9.17) is 4.42 Å². The monoisotopic (exact) mass is 325 g/mol. The molecule has 0 radical (unpaired) electrons. The summed E-state index contributed by atoms with van der Waals surface area (Å²) in [6, 6.07) is 18.5. The molecule has 5 nitrogen and oxygen atoms in total. The van der Waals surface area contributed by atoms with Gasteiger partial charge in [0.25, 0.3) is 5.82 Å². The van der Waals surface area contributed by atoms with Gasteiger partial charge in [0.1, 0.15) is 12.2 Å². The largest absolute Gasteiger partial charge is 0.400 e. The second kappa shape index (κ2) is 4.54. The Morgan fingerprint density at radius 1 is 0.920 bits per heavy atom. The van der Waals surface area contributed by atoms with Crippen LogP contribution in [-0.4, -0.2) is 14.5 Å². The fourth-order valence-electron chi connectivity index (χ4n) is 3.79. The lowest BCUT2D eigenvalue weighted by atomic mass is 10.2. The van der Waals surface area contributed by atoms with Gasteiger partial charge in [0.05, 0.1) is 16.6 Å². The summed E-state index contributed by atoms with van der Waals surface area (Å²) in [6.45, 7) is 0.710. The highest BCUT2D eigenvalue weighted by molar-refractivity contribution is 6.01. The summed E-state index contributed by atoms with van der Waals surface area (Å²) >= 11 is 0. The zero-order chi connectivity index (χ0) is 16.4. The first-order valence-corrected chi connectivity index (χ1v) is 8.23. The summed E-state index contributed by atoms with van der Waals surface area (Å²) in [4.78, 5) is 8.94. The molecule has 118 valence electrons. The van der Waals surface area contributed by atoms with Gasteiger partial charge in [-0.15, -0.1) is 0 Å². The van der Waals surface area contributed by atoms with E-state index in [-0.39, 0.29) is 0 Å². The number of rotatable bonds is 1. The first-order valence-electron chi connectivity index (χ1n) is 8.23. The molecule has 0 spiro atoms. The van der Waals surface area contributed by atoms with Crippen molar-refractivity contribution < 1.29 is 8.98 Å². The van der Waals surface area contributed by atoms with E-state index >= 15 is 0 Å². The average Bonchev–Trinajstić information content (AvgIpc) is 3.30. The fraction of sp³-hybridized carbons (Fsp3) is 0.0500. The number of furan rings is 1. The molecule has 0 fully saturated rings. The van der Waals surface area contributed by atoms with Crippen LogP contribution in [0.4, 0.5) is 0 Å². The molecule has 5 heterocycles. The molecular weight excluding hydrogens is 312 g/mol. The number of fused-ring (bicyclic) bond motifs is 7. The molecule has 4 aromatic heterocycles. The zero-order valence-electron chi connectivity index (χ0n) is 13.3. The van der Waals surface area contributed by atoms with Crippen LogP contribution in [-0.2, 0) is 6.54 Å². The van der Waals surface area contributed by atoms with Crippen LogP contribution in [0.15, 0.2) is 71.4 Å². The fourth-order valence-corrected chi connectivity index (χ4v) is 3.79. The van der Waals surface area contributed by atoms with Gasteiger partial charge in [-0.05, 0) is 36.4 Å². The molecule has 5 heteroatoms. The Labute approximate surface area is 142 Å². The number of hydrogen-bond donors (Lipinski definition) is 0. The lowest BCUT2D eigenvalue weighted by Gasteiger charge is -2.01. The van der Waals surface area contributed by atoms with Crippen molar-refractivity contribution in [2.45, 2.75) is 6.54 Å². The SMILES string of the molecule is c1ccc(-n2c3[n+](c4oc5ncccc5c42)Cc2ncccc2-3)cc1. The third-order valence-electron chi connectivity index (χ3n) is 4.81. The summed E-state index contributed by atoms with van der Waals surface area (Å²) in [5.41, 5.74) is 5.87. The van der Waals surface area contributed by atoms with Crippen LogP contribution in [0.25, 0.3) is 39.4 Å². The first kappa shape index (κ1) is 12.9. The number of pyridine rings is 2. The molecule has 1 aliphatic heterocycles. The molecule has 1 aromatic carbocycles. The second-order valence-corrected chi connectivity index (χ2v) is 6.19. The maximum absolute atomic E-state index is 6.13. The molecule has 5 aromatic rings. The third-order valence-corrected chi connectivity index (χ3v) is 4.81. The predicted molar refractivity (Wildman–Crippen MR) is 93.4 cm³/mol. The Morgan fingerprint density at radius 3 is 2.68 bits per heavy atom. The van der Waals surface area contributed by atoms with Gasteiger partial charge in [0.2, 0.25) is 11.2 Å². The average molecular weight is 325 g/mol. The van der Waals surface area contributed by atoms with E-state index in [0.29, 0.717) is 12.3 Å². The quantitative estimate of drug-likeness (QED) is 0.435. The van der Waals surface area contributed by atoms with E-state index in [1.54, 1.807) is 6.20 Å². The molecule has 6 rings (SSSR count). The van der Waals surface area contributed by atoms with Crippen molar-refractivity contribution >= 4 is 22.3 Å². The van der Waals surface area contributed by atoms with Gasteiger partial charge < -0.3 is 4.42 Å². The first-order chi connectivity index (χ1) is 12.4. The maximum atomic E-state index is 6.13. The number of para-hydroxylation sites is 1. The number of hydrogen-bond acceptors (Lipinski definition) is 3. The Kier molecular flexibility index (Phi) is 2.34. The van der Waals surface area contributed by atoms with Crippen LogP contribution in [0, 0.1) is 0 Å². The van der Waals surface area contributed by atoms with Gasteiger partial charge in [-0.25, -0.2) is 4.98 Å². The van der Waals surface area contributed by atoms with Crippen LogP contribution in [0.5, 0.6) is 0 Å². The molecule has 0 N–H and O–H groups in total. The lowest BCUT2D eigenvalue weighted by molar-refractivity contribution is -0.652. The van der Waals surface area contributed by atoms with Crippen LogP contribution >= 0.6 is 0 Å². The van der Waals surface area contributed by atoms with Gasteiger partial charge in [-0.3, -0.25) is 4.98 Å². The van der Waals surface area contributed by atoms with Crippen molar-refractivity contribution in [3.63, 3.8) is 0 Å². The Morgan fingerprint density at radius 2 is 1.76 bits per heavy atom. The Balaban J connectivity index is 1.84. The van der Waals surface area contributed by atoms with Crippen LogP contribution in [0.3, 0.4) is 0 Å². The van der Waals surface area contributed by atoms with Crippen molar-refractivity contribution in [2.75, 3.05) is 0 Å². The summed E-state index contributed by atoms with van der Waals surface area (Å²) < 4.78 is 10.6. The van der Waals surface area contributed by atoms with E-state index in [9.17, 15) is 0 Å². The molecule has 0 bridgehead atoms. The number of nitrogens with zero attached hydrogens (tertiary/aromatic N) is 4. The predicted octanol–water partition coefficient (Wildman–Crippen LogP) is 3.48. The molecule has 0 saturated heterocycles. The molecule has 0 atom stereocenters. The van der Waals surface area contributed by atoms with E-state index in [2.05, 4.69) is 55.5 Å². The molecule has 25 heavy (non-hydrogen) atoms. The smallest absolute Gasteiger partial charge is 0.341 e. The minimum Gasteiger partial charge on any atom is -0.400 e. The second-order valence-electron chi connectivity index (χ2n) is 6.19. The highest BCUT2D eigenvalue weighted by atomic mass is 16.4. The topological polar surface area (TPSA) is 47.7 Å². The van der Waals surface area contributed by atoms with Crippen molar-refractivity contribution in [2.24, 2.45) is 0 Å². The Hall–Kier alpha value is -3.47. The van der Waals surface area contributed by atoms with Gasteiger partial charge in [0.15, 0.2) is 0 Å². The normalized spacial score (nSPS) is 12.6. The van der Waals surface area contributed by atoms with E-state index in [1.807, 2.05) is 24.4 Å². The lowest BCUT2D eigenvalue weighted by Crippen LogP contribution is -2.31. The molecule has 0 saturated carbocycles. The van der Waals surface area contributed by atoms with Crippen LogP contribution in [0.1, 0.15) is 5.69 Å². The summed E-state index contributed by atoms with van der Waals surface area (Å²) in [7, 11) is 0. The molecule has 0 amide bonds. The third kappa shape index (κ3) is 1.59.